The lowest BCUT2D eigenvalue weighted by Gasteiger charge is -2.11. The molecule has 1 aromatic carbocycles. The molecule has 0 aliphatic carbocycles. The molecule has 3 heteroatoms. The highest BCUT2D eigenvalue weighted by Gasteiger charge is 2.25. The molecule has 0 N–H and O–H groups in total. The van der Waals surface area contributed by atoms with E-state index in [1.807, 2.05) is 0 Å². The number of Topliss-reactive ketones (excluding diaryl/α,β-unsaturated/α-hetero) is 2. The molecule has 0 aromatic heterocycles. The summed E-state index contributed by atoms with van der Waals surface area (Å²) in [6, 6.07) is 5.77. The van der Waals surface area contributed by atoms with Crippen molar-refractivity contribution in [3.8, 4) is 0 Å². The van der Waals surface area contributed by atoms with Crippen LogP contribution < -0.4 is 0 Å². The SMILES string of the molecule is CCC(=O)C(CC)C(=O)c1ccccc1F. The summed E-state index contributed by atoms with van der Waals surface area (Å²) in [4.78, 5) is 23.5. The van der Waals surface area contributed by atoms with Crippen LogP contribution in [0.2, 0.25) is 0 Å². The second-order valence-corrected chi connectivity index (χ2v) is 3.62. The molecule has 0 bridgehead atoms. The Labute approximate surface area is 94.5 Å². The minimum absolute atomic E-state index is 0.0103. The van der Waals surface area contributed by atoms with E-state index in [1.165, 1.54) is 18.2 Å². The van der Waals surface area contributed by atoms with Crippen LogP contribution in [0.15, 0.2) is 24.3 Å². The number of hydrogen-bond acceptors (Lipinski definition) is 2. The molecule has 1 rings (SSSR count). The lowest BCUT2D eigenvalue weighted by molar-refractivity contribution is -0.121. The Bertz CT molecular complexity index is 399. The fraction of sp³-hybridized carbons (Fsp3) is 0.385. The van der Waals surface area contributed by atoms with Crippen molar-refractivity contribution in [1.29, 1.82) is 0 Å². The van der Waals surface area contributed by atoms with Crippen molar-refractivity contribution in [2.24, 2.45) is 5.92 Å². The molecule has 0 fully saturated rings. The van der Waals surface area contributed by atoms with Gasteiger partial charge in [-0.2, -0.15) is 0 Å². The van der Waals surface area contributed by atoms with Crippen LogP contribution in [-0.2, 0) is 4.79 Å². The van der Waals surface area contributed by atoms with Gasteiger partial charge in [0.05, 0.1) is 11.5 Å². The molecule has 86 valence electrons. The minimum Gasteiger partial charge on any atom is -0.299 e. The van der Waals surface area contributed by atoms with Crippen LogP contribution in [0.3, 0.4) is 0 Å². The van der Waals surface area contributed by atoms with Crippen molar-refractivity contribution in [3.63, 3.8) is 0 Å². The lowest BCUT2D eigenvalue weighted by atomic mass is 9.90. The Morgan fingerprint density at radius 3 is 2.38 bits per heavy atom. The average molecular weight is 222 g/mol. The zero-order chi connectivity index (χ0) is 12.1. The van der Waals surface area contributed by atoms with Crippen LogP contribution >= 0.6 is 0 Å². The maximum atomic E-state index is 13.4. The van der Waals surface area contributed by atoms with Crippen molar-refractivity contribution >= 4 is 11.6 Å². The Kier molecular flexibility index (Phi) is 4.35. The van der Waals surface area contributed by atoms with E-state index in [0.717, 1.165) is 0 Å². The first kappa shape index (κ1) is 12.6. The van der Waals surface area contributed by atoms with Gasteiger partial charge in [0.25, 0.3) is 0 Å². The zero-order valence-corrected chi connectivity index (χ0v) is 9.50. The number of rotatable bonds is 5. The third kappa shape index (κ3) is 2.54. The first-order valence-electron chi connectivity index (χ1n) is 5.43. The summed E-state index contributed by atoms with van der Waals surface area (Å²) >= 11 is 0. The molecular formula is C13H15FO2. The van der Waals surface area contributed by atoms with Gasteiger partial charge < -0.3 is 0 Å². The third-order valence-corrected chi connectivity index (χ3v) is 2.60. The first-order valence-corrected chi connectivity index (χ1v) is 5.43. The molecule has 1 unspecified atom stereocenters. The van der Waals surface area contributed by atoms with E-state index in [-0.39, 0.29) is 11.3 Å². The standard InChI is InChI=1S/C13H15FO2/c1-3-9(12(15)4-2)13(16)10-7-5-6-8-11(10)14/h5-9H,3-4H2,1-2H3. The number of carbonyl (C=O) groups excluding carboxylic acids is 2. The van der Waals surface area contributed by atoms with Crippen molar-refractivity contribution in [2.75, 3.05) is 0 Å². The second kappa shape index (κ2) is 5.54. The van der Waals surface area contributed by atoms with Gasteiger partial charge in [-0.05, 0) is 18.6 Å². The van der Waals surface area contributed by atoms with E-state index in [9.17, 15) is 14.0 Å². The minimum atomic E-state index is -0.707. The quantitative estimate of drug-likeness (QED) is 0.567. The number of halogens is 1. The topological polar surface area (TPSA) is 34.1 Å². The molecule has 0 saturated heterocycles. The van der Waals surface area contributed by atoms with Gasteiger partial charge >= 0.3 is 0 Å². The van der Waals surface area contributed by atoms with Crippen molar-refractivity contribution in [3.05, 3.63) is 35.6 Å². The number of carbonyl (C=O) groups is 2. The van der Waals surface area contributed by atoms with Gasteiger partial charge in [-0.1, -0.05) is 26.0 Å². The van der Waals surface area contributed by atoms with E-state index < -0.39 is 17.5 Å². The molecule has 0 radical (unpaired) electrons. The molecule has 16 heavy (non-hydrogen) atoms. The van der Waals surface area contributed by atoms with Crippen LogP contribution in [0.4, 0.5) is 4.39 Å². The first-order chi connectivity index (χ1) is 7.61. The Morgan fingerprint density at radius 1 is 1.25 bits per heavy atom. The predicted octanol–water partition coefficient (Wildman–Crippen LogP) is 3.01. The van der Waals surface area contributed by atoms with Crippen molar-refractivity contribution < 1.29 is 14.0 Å². The van der Waals surface area contributed by atoms with Gasteiger partial charge in [0, 0.05) is 6.42 Å². The van der Waals surface area contributed by atoms with Crippen molar-refractivity contribution in [1.82, 2.24) is 0 Å². The van der Waals surface area contributed by atoms with E-state index >= 15 is 0 Å². The smallest absolute Gasteiger partial charge is 0.176 e. The predicted molar refractivity (Wildman–Crippen MR) is 59.8 cm³/mol. The fourth-order valence-corrected chi connectivity index (χ4v) is 1.65. The van der Waals surface area contributed by atoms with Crippen LogP contribution in [0.25, 0.3) is 0 Å². The maximum Gasteiger partial charge on any atom is 0.176 e. The monoisotopic (exact) mass is 222 g/mol. The van der Waals surface area contributed by atoms with Crippen LogP contribution in [0.5, 0.6) is 0 Å². The number of hydrogen-bond donors (Lipinski definition) is 0. The highest BCUT2D eigenvalue weighted by molar-refractivity contribution is 6.10. The van der Waals surface area contributed by atoms with Gasteiger partial charge in [-0.15, -0.1) is 0 Å². The van der Waals surface area contributed by atoms with Gasteiger partial charge in [0.15, 0.2) is 5.78 Å². The molecule has 0 heterocycles. The van der Waals surface area contributed by atoms with Gasteiger partial charge in [0.2, 0.25) is 0 Å². The summed E-state index contributed by atoms with van der Waals surface area (Å²) in [5, 5.41) is 0. The summed E-state index contributed by atoms with van der Waals surface area (Å²) < 4.78 is 13.4. The third-order valence-electron chi connectivity index (χ3n) is 2.60. The van der Waals surface area contributed by atoms with E-state index in [1.54, 1.807) is 19.9 Å². The maximum absolute atomic E-state index is 13.4. The summed E-state index contributed by atoms with van der Waals surface area (Å²) in [7, 11) is 0. The van der Waals surface area contributed by atoms with Gasteiger partial charge in [-0.25, -0.2) is 4.39 Å². The summed E-state index contributed by atoms with van der Waals surface area (Å²) in [5.74, 6) is -1.81. The average Bonchev–Trinajstić information content (AvgIpc) is 2.30. The molecule has 0 aliphatic rings. The second-order valence-electron chi connectivity index (χ2n) is 3.62. The lowest BCUT2D eigenvalue weighted by Crippen LogP contribution is -2.23. The molecule has 0 saturated carbocycles. The number of benzene rings is 1. The van der Waals surface area contributed by atoms with Gasteiger partial charge in [0.1, 0.15) is 11.6 Å². The normalized spacial score (nSPS) is 12.2. The Hall–Kier alpha value is -1.51. The van der Waals surface area contributed by atoms with Crippen LogP contribution in [0, 0.1) is 11.7 Å². The zero-order valence-electron chi connectivity index (χ0n) is 9.50. The largest absolute Gasteiger partial charge is 0.299 e. The molecule has 0 spiro atoms. The summed E-state index contributed by atoms with van der Waals surface area (Å²) in [6.07, 6.45) is 0.721. The fourth-order valence-electron chi connectivity index (χ4n) is 1.65. The molecule has 0 aliphatic heterocycles. The Balaban J connectivity index is 3.01. The molecule has 2 nitrogen and oxygen atoms in total. The van der Waals surface area contributed by atoms with E-state index in [0.29, 0.717) is 12.8 Å². The molecule has 1 atom stereocenters. The highest BCUT2D eigenvalue weighted by atomic mass is 19.1. The number of ketones is 2. The van der Waals surface area contributed by atoms with Crippen molar-refractivity contribution in [2.45, 2.75) is 26.7 Å². The highest BCUT2D eigenvalue weighted by Crippen LogP contribution is 2.17. The van der Waals surface area contributed by atoms with E-state index in [2.05, 4.69) is 0 Å². The van der Waals surface area contributed by atoms with Gasteiger partial charge in [-0.3, -0.25) is 9.59 Å². The van der Waals surface area contributed by atoms with Crippen LogP contribution in [0.1, 0.15) is 37.0 Å². The van der Waals surface area contributed by atoms with Crippen LogP contribution in [-0.4, -0.2) is 11.6 Å². The molecule has 0 amide bonds. The summed E-state index contributed by atoms with van der Waals surface area (Å²) in [5.41, 5.74) is 0.0103. The summed E-state index contributed by atoms with van der Waals surface area (Å²) in [6.45, 7) is 3.47. The molecule has 1 aromatic rings. The Morgan fingerprint density at radius 2 is 1.88 bits per heavy atom. The van der Waals surface area contributed by atoms with E-state index in [4.69, 9.17) is 0 Å². The molecular weight excluding hydrogens is 207 g/mol.